The zero-order valence-electron chi connectivity index (χ0n) is 13.0. The van der Waals surface area contributed by atoms with Crippen LogP contribution in [0.1, 0.15) is 15.9 Å². The Morgan fingerprint density at radius 3 is 3.00 bits per heavy atom. The number of aryl methyl sites for hydroxylation is 1. The Balaban J connectivity index is 1.51. The molecule has 9 heteroatoms. The van der Waals surface area contributed by atoms with Crippen molar-refractivity contribution >= 4 is 30.0 Å². The second-order valence-corrected chi connectivity index (χ2v) is 7.06. The quantitative estimate of drug-likeness (QED) is 0.787. The minimum absolute atomic E-state index is 0.00252. The van der Waals surface area contributed by atoms with E-state index in [0.29, 0.717) is 31.6 Å². The number of nitrogens with zero attached hydrogens (tertiary/aromatic N) is 2. The number of aromatic carboxylic acids is 1. The van der Waals surface area contributed by atoms with E-state index in [0.717, 1.165) is 23.0 Å². The number of fused-ring (bicyclic) bond motifs is 1. The molecule has 0 unspecified atom stereocenters. The zero-order valence-corrected chi connectivity index (χ0v) is 13.8. The Bertz CT molecular complexity index is 707. The molecule has 0 spiro atoms. The highest BCUT2D eigenvalue weighted by Gasteiger charge is 2.35. The molecule has 1 fully saturated rings. The summed E-state index contributed by atoms with van der Waals surface area (Å²) in [5.74, 6) is 0.430. The van der Waals surface area contributed by atoms with Gasteiger partial charge in [0.2, 0.25) is 0 Å². The third-order valence-corrected chi connectivity index (χ3v) is 5.34. The van der Waals surface area contributed by atoms with Crippen molar-refractivity contribution in [3.8, 4) is 11.5 Å². The number of ether oxygens (including phenoxy) is 1. The fourth-order valence-electron chi connectivity index (χ4n) is 3.08. The van der Waals surface area contributed by atoms with Crippen molar-refractivity contribution in [1.29, 1.82) is 0 Å². The van der Waals surface area contributed by atoms with Gasteiger partial charge in [0.1, 0.15) is 23.2 Å². The fourth-order valence-corrected chi connectivity index (χ4v) is 3.96. The molecule has 0 bridgehead atoms. The largest absolute Gasteiger partial charge is 0.535 e. The van der Waals surface area contributed by atoms with Gasteiger partial charge >= 0.3 is 13.1 Å². The van der Waals surface area contributed by atoms with E-state index in [9.17, 15) is 14.9 Å². The highest BCUT2D eigenvalue weighted by molar-refractivity contribution is 8.14. The average Bonchev–Trinajstić information content (AvgIpc) is 3.03. The summed E-state index contributed by atoms with van der Waals surface area (Å²) in [6, 6.07) is 3.50. The van der Waals surface area contributed by atoms with Crippen LogP contribution in [-0.2, 0) is 6.42 Å². The third-order valence-electron chi connectivity index (χ3n) is 4.31. The molecule has 0 aliphatic carbocycles. The number of amidine groups is 1. The summed E-state index contributed by atoms with van der Waals surface area (Å²) >= 11 is 1.74. The van der Waals surface area contributed by atoms with Gasteiger partial charge in [-0.05, 0) is 24.4 Å². The van der Waals surface area contributed by atoms with E-state index in [1.807, 2.05) is 6.07 Å². The van der Waals surface area contributed by atoms with E-state index in [2.05, 4.69) is 9.89 Å². The monoisotopic (exact) mass is 348 g/mol. The molecule has 1 saturated heterocycles. The fraction of sp³-hybridized carbons (Fsp3) is 0.467. The highest BCUT2D eigenvalue weighted by Crippen LogP contribution is 2.37. The topological polar surface area (TPSA) is 91.6 Å². The van der Waals surface area contributed by atoms with Crippen LogP contribution in [0.2, 0.25) is 6.32 Å². The van der Waals surface area contributed by atoms with Gasteiger partial charge in [-0.25, -0.2) is 4.79 Å². The summed E-state index contributed by atoms with van der Waals surface area (Å²) < 4.78 is 11.2. The number of carboxylic acid groups (broad SMARTS) is 1. The van der Waals surface area contributed by atoms with Crippen LogP contribution < -0.4 is 9.39 Å². The highest BCUT2D eigenvalue weighted by atomic mass is 32.2. The zero-order chi connectivity index (χ0) is 16.7. The summed E-state index contributed by atoms with van der Waals surface area (Å²) in [6.07, 6.45) is 0.980. The summed E-state index contributed by atoms with van der Waals surface area (Å²) in [4.78, 5) is 18.2. The Kier molecular flexibility index (Phi) is 4.05. The van der Waals surface area contributed by atoms with Crippen LogP contribution in [0.5, 0.6) is 11.5 Å². The van der Waals surface area contributed by atoms with Crippen molar-refractivity contribution in [2.75, 3.05) is 25.4 Å². The van der Waals surface area contributed by atoms with E-state index in [1.54, 1.807) is 17.8 Å². The molecule has 0 radical (unpaired) electrons. The normalized spacial score (nSPS) is 20.1. The molecule has 0 atom stereocenters. The van der Waals surface area contributed by atoms with Gasteiger partial charge < -0.3 is 24.4 Å². The summed E-state index contributed by atoms with van der Waals surface area (Å²) in [5.41, 5.74) is 0.786. The lowest BCUT2D eigenvalue weighted by Crippen LogP contribution is -2.55. The van der Waals surface area contributed by atoms with Gasteiger partial charge in [0.15, 0.2) is 5.17 Å². The number of benzene rings is 1. The Morgan fingerprint density at radius 1 is 1.46 bits per heavy atom. The Morgan fingerprint density at radius 2 is 2.29 bits per heavy atom. The number of carbonyl (C=O) groups is 1. The first-order valence-corrected chi connectivity index (χ1v) is 8.93. The molecule has 1 aromatic carbocycles. The van der Waals surface area contributed by atoms with Gasteiger partial charge in [-0.3, -0.25) is 4.99 Å². The number of rotatable bonds is 3. The molecule has 24 heavy (non-hydrogen) atoms. The van der Waals surface area contributed by atoms with Gasteiger partial charge in [0.05, 0.1) is 19.6 Å². The summed E-state index contributed by atoms with van der Waals surface area (Å²) in [6.45, 7) is 2.26. The van der Waals surface area contributed by atoms with E-state index in [4.69, 9.17) is 9.39 Å². The van der Waals surface area contributed by atoms with Crippen LogP contribution in [0.15, 0.2) is 17.1 Å². The molecule has 0 saturated carbocycles. The predicted octanol–water partition coefficient (Wildman–Crippen LogP) is 0.966. The van der Waals surface area contributed by atoms with Crippen molar-refractivity contribution in [2.24, 2.45) is 4.99 Å². The Labute approximate surface area is 143 Å². The van der Waals surface area contributed by atoms with E-state index < -0.39 is 13.1 Å². The molecule has 0 aromatic heterocycles. The molecule has 3 aliphatic rings. The molecule has 3 aliphatic heterocycles. The standard InChI is InChI=1S/C15H17BN2O5S/c19-14(20)12-11(2-1-9-3-4-16(21)23-13(9)12)22-10-7-18(8-10)15-17-5-6-24-15/h1-2,10,21H,3-8H2,(H,19,20). The first-order chi connectivity index (χ1) is 11.6. The van der Waals surface area contributed by atoms with Crippen LogP contribution in [-0.4, -0.2) is 64.8 Å². The SMILES string of the molecule is O=C(O)c1c(OC2CN(C3=NCCS3)C2)ccc2c1OB(O)CC2. The average molecular weight is 348 g/mol. The van der Waals surface area contributed by atoms with Crippen molar-refractivity contribution in [2.45, 2.75) is 18.8 Å². The maximum absolute atomic E-state index is 11.7. The molecule has 3 heterocycles. The number of hydrogen-bond acceptors (Lipinski definition) is 7. The smallest absolute Gasteiger partial charge is 0.522 e. The van der Waals surface area contributed by atoms with Crippen LogP contribution in [0.3, 0.4) is 0 Å². The van der Waals surface area contributed by atoms with Crippen LogP contribution in [0.25, 0.3) is 0 Å². The molecular weight excluding hydrogens is 331 g/mol. The molecule has 0 amide bonds. The molecule has 7 nitrogen and oxygen atoms in total. The number of aliphatic imine (C=N–C) groups is 1. The van der Waals surface area contributed by atoms with Gasteiger partial charge in [-0.1, -0.05) is 17.8 Å². The molecule has 1 aromatic rings. The minimum Gasteiger partial charge on any atom is -0.535 e. The van der Waals surface area contributed by atoms with Gasteiger partial charge in [0, 0.05) is 5.75 Å². The van der Waals surface area contributed by atoms with E-state index in [1.165, 1.54) is 0 Å². The second kappa shape index (κ2) is 6.21. The van der Waals surface area contributed by atoms with Crippen LogP contribution in [0.4, 0.5) is 0 Å². The van der Waals surface area contributed by atoms with Crippen LogP contribution >= 0.6 is 11.8 Å². The number of hydrogen-bond donors (Lipinski definition) is 2. The number of likely N-dealkylation sites (tertiary alicyclic amines) is 1. The maximum Gasteiger partial charge on any atom is 0.522 e. The maximum atomic E-state index is 11.7. The predicted molar refractivity (Wildman–Crippen MR) is 91.3 cm³/mol. The molecule has 2 N–H and O–H groups in total. The van der Waals surface area contributed by atoms with E-state index in [-0.39, 0.29) is 17.4 Å². The number of thioether (sulfide) groups is 1. The lowest BCUT2D eigenvalue weighted by Gasteiger charge is -2.40. The molecular formula is C15H17BN2O5S. The molecule has 126 valence electrons. The van der Waals surface area contributed by atoms with Gasteiger partial charge in [-0.15, -0.1) is 0 Å². The third kappa shape index (κ3) is 2.82. The van der Waals surface area contributed by atoms with Crippen molar-refractivity contribution < 1.29 is 24.3 Å². The second-order valence-electron chi connectivity index (χ2n) is 6.00. The van der Waals surface area contributed by atoms with Crippen molar-refractivity contribution in [3.05, 3.63) is 23.3 Å². The first-order valence-electron chi connectivity index (χ1n) is 7.94. The Hall–Kier alpha value is -1.87. The summed E-state index contributed by atoms with van der Waals surface area (Å²) in [7, 11) is -0.970. The summed E-state index contributed by atoms with van der Waals surface area (Å²) in [5, 5.41) is 20.3. The van der Waals surface area contributed by atoms with Gasteiger partial charge in [-0.2, -0.15) is 0 Å². The van der Waals surface area contributed by atoms with Crippen molar-refractivity contribution in [1.82, 2.24) is 4.90 Å². The molecule has 4 rings (SSSR count). The van der Waals surface area contributed by atoms with Gasteiger partial charge in [0.25, 0.3) is 0 Å². The lowest BCUT2D eigenvalue weighted by atomic mass is 9.78. The first kappa shape index (κ1) is 15.7. The lowest BCUT2D eigenvalue weighted by molar-refractivity contribution is 0.0609. The number of carboxylic acids is 1. The van der Waals surface area contributed by atoms with E-state index >= 15 is 0 Å². The van der Waals surface area contributed by atoms with Crippen LogP contribution in [0, 0.1) is 0 Å². The van der Waals surface area contributed by atoms with Crippen molar-refractivity contribution in [3.63, 3.8) is 0 Å². The minimum atomic E-state index is -1.11.